The van der Waals surface area contributed by atoms with Gasteiger partial charge in [0.15, 0.2) is 6.29 Å². The average molecular weight is 667 g/mol. The van der Waals surface area contributed by atoms with E-state index in [-0.39, 0.29) is 19.2 Å². The van der Waals surface area contributed by atoms with Gasteiger partial charge in [-0.1, -0.05) is 114 Å². The van der Waals surface area contributed by atoms with E-state index in [9.17, 15) is 25.2 Å². The van der Waals surface area contributed by atoms with Gasteiger partial charge in [-0.3, -0.25) is 4.79 Å². The van der Waals surface area contributed by atoms with Gasteiger partial charge < -0.3 is 39.4 Å². The summed E-state index contributed by atoms with van der Waals surface area (Å²) in [4.78, 5) is 12.2. The highest BCUT2D eigenvalue weighted by atomic mass is 16.7. The van der Waals surface area contributed by atoms with Crippen LogP contribution in [-0.2, 0) is 23.7 Å². The molecule has 1 rings (SSSR count). The number of ether oxygens (including phenoxy) is 4. The molecule has 1 aliphatic heterocycles. The predicted molar refractivity (Wildman–Crippen MR) is 187 cm³/mol. The van der Waals surface area contributed by atoms with E-state index in [0.29, 0.717) is 19.4 Å². The van der Waals surface area contributed by atoms with Gasteiger partial charge >= 0.3 is 5.97 Å². The Morgan fingerprint density at radius 3 is 1.87 bits per heavy atom. The van der Waals surface area contributed by atoms with Crippen molar-refractivity contribution in [3.8, 4) is 0 Å². The Morgan fingerprint density at radius 1 is 0.702 bits per heavy atom. The smallest absolute Gasteiger partial charge is 0.306 e. The van der Waals surface area contributed by atoms with Crippen LogP contribution in [0.3, 0.4) is 0 Å². The van der Waals surface area contributed by atoms with Crippen LogP contribution in [0.25, 0.3) is 0 Å². The zero-order chi connectivity index (χ0) is 34.4. The first-order valence-electron chi connectivity index (χ1n) is 18.2. The van der Waals surface area contributed by atoms with Gasteiger partial charge in [-0.2, -0.15) is 0 Å². The molecule has 0 bridgehead atoms. The number of carbonyl (C=O) groups is 1. The summed E-state index contributed by atoms with van der Waals surface area (Å²) in [5.41, 5.74) is 0. The zero-order valence-electron chi connectivity index (χ0n) is 29.3. The molecule has 6 atom stereocenters. The van der Waals surface area contributed by atoms with Gasteiger partial charge in [0.05, 0.1) is 19.8 Å². The van der Waals surface area contributed by atoms with Crippen molar-refractivity contribution in [2.45, 2.75) is 160 Å². The molecular weight excluding hydrogens is 600 g/mol. The Kier molecular flexibility index (Phi) is 27.8. The first-order valence-corrected chi connectivity index (χ1v) is 18.2. The summed E-state index contributed by atoms with van der Waals surface area (Å²) in [5, 5.41) is 39.5. The third-order valence-electron chi connectivity index (χ3n) is 8.01. The van der Waals surface area contributed by atoms with Crippen molar-refractivity contribution in [1.82, 2.24) is 0 Å². The minimum Gasteiger partial charge on any atom is -0.457 e. The number of rotatable bonds is 29. The standard InChI is InChI=1S/C38H66O9/c1-3-5-7-8-9-10-11-12-13-14-15-16-17-18-19-20-21-22-23-24-25-26-28-44-30-32(46-34(40)27-6-4-2)31-45-38-37(43)36(42)35(41)33(29-39)47-38/h5,7,9-10,12-13,15-16,32-33,35-39,41-43H,3-4,6,8,11,14,17-31H2,1-2H3/b7-5-,10-9-,13-12-,16-15-. The molecule has 0 saturated carbocycles. The normalized spacial score (nSPS) is 22.7. The maximum Gasteiger partial charge on any atom is 0.306 e. The van der Waals surface area contributed by atoms with Crippen LogP contribution in [0.4, 0.5) is 0 Å². The number of aliphatic hydroxyl groups excluding tert-OH is 4. The Hall–Kier alpha value is -1.85. The van der Waals surface area contributed by atoms with Gasteiger partial charge in [-0.15, -0.1) is 0 Å². The summed E-state index contributed by atoms with van der Waals surface area (Å²) in [6.45, 7) is 4.16. The molecule has 0 spiro atoms. The molecular formula is C38H66O9. The van der Waals surface area contributed by atoms with Crippen LogP contribution in [0.5, 0.6) is 0 Å². The Morgan fingerprint density at radius 2 is 1.28 bits per heavy atom. The molecule has 4 N–H and O–H groups in total. The number of carbonyl (C=O) groups excluding carboxylic acids is 1. The first kappa shape index (κ1) is 43.2. The molecule has 0 aromatic rings. The van der Waals surface area contributed by atoms with Crippen molar-refractivity contribution in [1.29, 1.82) is 0 Å². The molecule has 1 saturated heterocycles. The lowest BCUT2D eigenvalue weighted by atomic mass is 9.99. The first-order chi connectivity index (χ1) is 22.9. The summed E-state index contributed by atoms with van der Waals surface area (Å²) >= 11 is 0. The molecule has 47 heavy (non-hydrogen) atoms. The van der Waals surface area contributed by atoms with Gasteiger partial charge in [-0.05, 0) is 51.4 Å². The number of allylic oxidation sites excluding steroid dienone is 8. The summed E-state index contributed by atoms with van der Waals surface area (Å²) in [7, 11) is 0. The quantitative estimate of drug-likeness (QED) is 0.0394. The van der Waals surface area contributed by atoms with Crippen LogP contribution in [0, 0.1) is 0 Å². The van der Waals surface area contributed by atoms with Crippen LogP contribution in [-0.4, -0.2) is 89.6 Å². The highest BCUT2D eigenvalue weighted by Gasteiger charge is 2.44. The van der Waals surface area contributed by atoms with Crippen LogP contribution in [0.15, 0.2) is 48.6 Å². The number of hydrogen-bond acceptors (Lipinski definition) is 9. The topological polar surface area (TPSA) is 135 Å². The molecule has 0 aromatic heterocycles. The molecule has 0 aliphatic carbocycles. The van der Waals surface area contributed by atoms with Crippen molar-refractivity contribution in [3.63, 3.8) is 0 Å². The van der Waals surface area contributed by atoms with Gasteiger partial charge in [-0.25, -0.2) is 0 Å². The van der Waals surface area contributed by atoms with Gasteiger partial charge in [0.1, 0.15) is 30.5 Å². The predicted octanol–water partition coefficient (Wildman–Crippen LogP) is 6.63. The van der Waals surface area contributed by atoms with Crippen molar-refractivity contribution in [3.05, 3.63) is 48.6 Å². The van der Waals surface area contributed by atoms with Crippen LogP contribution < -0.4 is 0 Å². The fourth-order valence-electron chi connectivity index (χ4n) is 5.11. The molecule has 0 aromatic carbocycles. The summed E-state index contributed by atoms with van der Waals surface area (Å²) < 4.78 is 22.3. The van der Waals surface area contributed by atoms with E-state index in [1.807, 2.05) is 6.92 Å². The van der Waals surface area contributed by atoms with Crippen molar-refractivity contribution >= 4 is 5.97 Å². The minimum atomic E-state index is -1.53. The highest BCUT2D eigenvalue weighted by Crippen LogP contribution is 2.22. The fourth-order valence-corrected chi connectivity index (χ4v) is 5.11. The second-order valence-electron chi connectivity index (χ2n) is 12.3. The molecule has 6 unspecified atom stereocenters. The zero-order valence-corrected chi connectivity index (χ0v) is 29.3. The van der Waals surface area contributed by atoms with Crippen molar-refractivity contribution in [2.24, 2.45) is 0 Å². The lowest BCUT2D eigenvalue weighted by Crippen LogP contribution is -2.59. The summed E-state index contributed by atoms with van der Waals surface area (Å²) in [6.07, 6.45) is 28.3. The molecule has 1 heterocycles. The van der Waals surface area contributed by atoms with E-state index in [4.69, 9.17) is 18.9 Å². The molecule has 9 nitrogen and oxygen atoms in total. The lowest BCUT2D eigenvalue weighted by Gasteiger charge is -2.39. The van der Waals surface area contributed by atoms with E-state index in [1.165, 1.54) is 44.9 Å². The van der Waals surface area contributed by atoms with Crippen LogP contribution in [0.1, 0.15) is 123 Å². The average Bonchev–Trinajstić information content (AvgIpc) is 3.07. The van der Waals surface area contributed by atoms with Gasteiger partial charge in [0, 0.05) is 13.0 Å². The Bertz CT molecular complexity index is 854. The number of aliphatic hydroxyl groups is 4. The molecule has 9 heteroatoms. The number of esters is 1. The summed E-state index contributed by atoms with van der Waals surface area (Å²) in [5.74, 6) is -0.354. The minimum absolute atomic E-state index is 0.121. The van der Waals surface area contributed by atoms with Crippen molar-refractivity contribution < 1.29 is 44.2 Å². The SMILES string of the molecule is CC/C=C\C/C=C\C/C=C\C/C=C\CCCCCCCCCCCOCC(COC1OC(CO)C(O)C(O)C1O)OC(=O)CCCC. The fraction of sp³-hybridized carbons (Fsp3) is 0.763. The number of hydrogen-bond donors (Lipinski definition) is 4. The Labute approximate surface area is 284 Å². The van der Waals surface area contributed by atoms with Gasteiger partial charge in [0.2, 0.25) is 0 Å². The molecule has 0 amide bonds. The van der Waals surface area contributed by atoms with E-state index < -0.39 is 43.4 Å². The molecule has 0 radical (unpaired) electrons. The lowest BCUT2D eigenvalue weighted by molar-refractivity contribution is -0.305. The van der Waals surface area contributed by atoms with Gasteiger partial charge in [0.25, 0.3) is 0 Å². The monoisotopic (exact) mass is 666 g/mol. The van der Waals surface area contributed by atoms with Crippen molar-refractivity contribution in [2.75, 3.05) is 26.4 Å². The largest absolute Gasteiger partial charge is 0.457 e. The van der Waals surface area contributed by atoms with Crippen LogP contribution >= 0.6 is 0 Å². The van der Waals surface area contributed by atoms with Crippen LogP contribution in [0.2, 0.25) is 0 Å². The molecule has 1 aliphatic rings. The second-order valence-corrected chi connectivity index (χ2v) is 12.3. The maximum atomic E-state index is 12.2. The maximum absolute atomic E-state index is 12.2. The van der Waals surface area contributed by atoms with E-state index in [0.717, 1.165) is 51.4 Å². The molecule has 1 fully saturated rings. The van der Waals surface area contributed by atoms with E-state index in [1.54, 1.807) is 0 Å². The summed E-state index contributed by atoms with van der Waals surface area (Å²) in [6, 6.07) is 0. The third-order valence-corrected chi connectivity index (χ3v) is 8.01. The third kappa shape index (κ3) is 22.4. The van der Waals surface area contributed by atoms with E-state index in [2.05, 4.69) is 55.5 Å². The second kappa shape index (κ2) is 30.2. The Balaban J connectivity index is 2.10. The highest BCUT2D eigenvalue weighted by molar-refractivity contribution is 5.69. The van der Waals surface area contributed by atoms with E-state index >= 15 is 0 Å². The number of unbranched alkanes of at least 4 members (excludes halogenated alkanes) is 10. The molecule has 272 valence electrons.